The third kappa shape index (κ3) is 3.22. The number of anilines is 1. The van der Waals surface area contributed by atoms with E-state index in [2.05, 4.69) is 15.5 Å². The molecule has 1 fully saturated rings. The minimum atomic E-state index is -0.163. The van der Waals surface area contributed by atoms with Crippen LogP contribution in [0.1, 0.15) is 5.56 Å². The van der Waals surface area contributed by atoms with Crippen molar-refractivity contribution < 1.29 is 4.79 Å². The van der Waals surface area contributed by atoms with Gasteiger partial charge in [0.25, 0.3) is 0 Å². The van der Waals surface area contributed by atoms with Crippen molar-refractivity contribution in [3.8, 4) is 0 Å². The number of carbonyl (C=O) groups excluding carboxylic acids is 1. The number of carbonyl (C=O) groups is 1. The van der Waals surface area contributed by atoms with E-state index < -0.39 is 0 Å². The summed E-state index contributed by atoms with van der Waals surface area (Å²) in [5.74, 6) is -0.0125. The molecule has 1 aromatic carbocycles. The van der Waals surface area contributed by atoms with Gasteiger partial charge >= 0.3 is 0 Å². The molecule has 98 valence electrons. The number of rotatable bonds is 2. The van der Waals surface area contributed by atoms with Crippen LogP contribution in [0.15, 0.2) is 18.2 Å². The van der Waals surface area contributed by atoms with Crippen LogP contribution in [0.4, 0.5) is 5.69 Å². The van der Waals surface area contributed by atoms with E-state index in [1.165, 1.54) is 0 Å². The van der Waals surface area contributed by atoms with Gasteiger partial charge in [0.05, 0.1) is 6.04 Å². The third-order valence-corrected chi connectivity index (χ3v) is 3.54. The van der Waals surface area contributed by atoms with Gasteiger partial charge in [-0.2, -0.15) is 0 Å². The first-order valence-corrected chi connectivity index (χ1v) is 6.43. The summed E-state index contributed by atoms with van der Waals surface area (Å²) in [5.41, 5.74) is 1.75. The van der Waals surface area contributed by atoms with Gasteiger partial charge in [-0.25, -0.2) is 0 Å². The maximum atomic E-state index is 12.1. The quantitative estimate of drug-likeness (QED) is 0.853. The monoisotopic (exact) mass is 267 g/mol. The van der Waals surface area contributed by atoms with E-state index in [4.69, 9.17) is 11.6 Å². The molecule has 1 atom stereocenters. The van der Waals surface area contributed by atoms with Gasteiger partial charge in [0.2, 0.25) is 5.91 Å². The molecule has 4 nitrogen and oxygen atoms in total. The van der Waals surface area contributed by atoms with Crippen molar-refractivity contribution in [1.29, 1.82) is 0 Å². The summed E-state index contributed by atoms with van der Waals surface area (Å²) in [4.78, 5) is 14.2. The topological polar surface area (TPSA) is 44.4 Å². The van der Waals surface area contributed by atoms with Crippen molar-refractivity contribution >= 4 is 23.2 Å². The molecule has 5 heteroatoms. The highest BCUT2D eigenvalue weighted by molar-refractivity contribution is 6.31. The minimum Gasteiger partial charge on any atom is -0.325 e. The summed E-state index contributed by atoms with van der Waals surface area (Å²) in [6.45, 7) is 4.47. The molecule has 1 heterocycles. The second-order valence-electron chi connectivity index (χ2n) is 4.72. The van der Waals surface area contributed by atoms with Crippen LogP contribution in [0.25, 0.3) is 0 Å². The lowest BCUT2D eigenvalue weighted by Crippen LogP contribution is -2.54. The molecule has 0 saturated carbocycles. The molecule has 0 bridgehead atoms. The van der Waals surface area contributed by atoms with Crippen molar-refractivity contribution in [1.82, 2.24) is 10.2 Å². The Bertz CT molecular complexity index is 450. The molecule has 1 aromatic rings. The molecule has 1 unspecified atom stereocenters. The number of likely N-dealkylation sites (N-methyl/N-ethyl adjacent to an activating group) is 1. The lowest BCUT2D eigenvalue weighted by atomic mass is 10.2. The SMILES string of the molecule is Cc1ccc(NC(=O)C2CN(C)CCN2)cc1Cl. The molecule has 0 spiro atoms. The summed E-state index contributed by atoms with van der Waals surface area (Å²) in [7, 11) is 2.02. The maximum Gasteiger partial charge on any atom is 0.242 e. The van der Waals surface area contributed by atoms with Gasteiger partial charge in [-0.05, 0) is 31.7 Å². The lowest BCUT2D eigenvalue weighted by molar-refractivity contribution is -0.119. The molecule has 0 aromatic heterocycles. The molecule has 1 aliphatic rings. The number of amides is 1. The predicted molar refractivity (Wildman–Crippen MR) is 74.1 cm³/mol. The first-order chi connectivity index (χ1) is 8.56. The average molecular weight is 268 g/mol. The Kier molecular flexibility index (Phi) is 4.22. The van der Waals surface area contributed by atoms with Gasteiger partial charge in [0, 0.05) is 30.3 Å². The first kappa shape index (κ1) is 13.3. The lowest BCUT2D eigenvalue weighted by Gasteiger charge is -2.29. The van der Waals surface area contributed by atoms with Crippen LogP contribution < -0.4 is 10.6 Å². The van der Waals surface area contributed by atoms with Gasteiger partial charge < -0.3 is 15.5 Å². The number of halogens is 1. The first-order valence-electron chi connectivity index (χ1n) is 6.05. The Morgan fingerprint density at radius 1 is 1.56 bits per heavy atom. The molecule has 2 N–H and O–H groups in total. The fraction of sp³-hybridized carbons (Fsp3) is 0.462. The summed E-state index contributed by atoms with van der Waals surface area (Å²) >= 11 is 6.03. The highest BCUT2D eigenvalue weighted by Gasteiger charge is 2.23. The fourth-order valence-electron chi connectivity index (χ4n) is 1.97. The van der Waals surface area contributed by atoms with Crippen molar-refractivity contribution in [2.24, 2.45) is 0 Å². The van der Waals surface area contributed by atoms with Crippen LogP contribution >= 0.6 is 11.6 Å². The van der Waals surface area contributed by atoms with E-state index in [1.54, 1.807) is 6.07 Å². The molecule has 1 saturated heterocycles. The van der Waals surface area contributed by atoms with E-state index in [-0.39, 0.29) is 11.9 Å². The van der Waals surface area contributed by atoms with Crippen LogP contribution in [0.5, 0.6) is 0 Å². The molecular formula is C13H18ClN3O. The predicted octanol–water partition coefficient (Wildman–Crippen LogP) is 1.49. The fourth-order valence-corrected chi connectivity index (χ4v) is 2.15. The highest BCUT2D eigenvalue weighted by atomic mass is 35.5. The molecule has 0 radical (unpaired) electrons. The van der Waals surface area contributed by atoms with Gasteiger partial charge in [-0.1, -0.05) is 17.7 Å². The summed E-state index contributed by atoms with van der Waals surface area (Å²) < 4.78 is 0. The van der Waals surface area contributed by atoms with Gasteiger partial charge in [0.15, 0.2) is 0 Å². The molecular weight excluding hydrogens is 250 g/mol. The zero-order chi connectivity index (χ0) is 13.1. The standard InChI is InChI=1S/C13H18ClN3O/c1-9-3-4-10(7-11(9)14)16-13(18)12-8-17(2)6-5-15-12/h3-4,7,12,15H,5-6,8H2,1-2H3,(H,16,18). The van der Waals surface area contributed by atoms with Crippen LogP contribution in [-0.4, -0.2) is 43.5 Å². The highest BCUT2D eigenvalue weighted by Crippen LogP contribution is 2.20. The number of nitrogens with one attached hydrogen (secondary N) is 2. The second kappa shape index (κ2) is 5.69. The van der Waals surface area contributed by atoms with Gasteiger partial charge in [-0.15, -0.1) is 0 Å². The largest absolute Gasteiger partial charge is 0.325 e. The number of hydrogen-bond donors (Lipinski definition) is 2. The van der Waals surface area contributed by atoms with E-state index in [9.17, 15) is 4.79 Å². The summed E-state index contributed by atoms with van der Waals surface area (Å²) in [5, 5.41) is 6.76. The van der Waals surface area contributed by atoms with Crippen molar-refractivity contribution in [2.45, 2.75) is 13.0 Å². The van der Waals surface area contributed by atoms with Crippen LogP contribution in [0.2, 0.25) is 5.02 Å². The van der Waals surface area contributed by atoms with Gasteiger partial charge in [0.1, 0.15) is 0 Å². The maximum absolute atomic E-state index is 12.1. The van der Waals surface area contributed by atoms with Crippen LogP contribution in [0.3, 0.4) is 0 Å². The van der Waals surface area contributed by atoms with Crippen molar-refractivity contribution in [2.75, 3.05) is 32.0 Å². The molecule has 1 amide bonds. The van der Waals surface area contributed by atoms with E-state index in [0.29, 0.717) is 5.02 Å². The van der Waals surface area contributed by atoms with E-state index in [1.807, 2.05) is 26.1 Å². The van der Waals surface area contributed by atoms with Gasteiger partial charge in [-0.3, -0.25) is 4.79 Å². The van der Waals surface area contributed by atoms with E-state index in [0.717, 1.165) is 30.9 Å². The Morgan fingerprint density at radius 3 is 3.00 bits per heavy atom. The van der Waals surface area contributed by atoms with E-state index >= 15 is 0 Å². The summed E-state index contributed by atoms with van der Waals surface area (Å²) in [6.07, 6.45) is 0. The third-order valence-electron chi connectivity index (χ3n) is 3.13. The van der Waals surface area contributed by atoms with Crippen LogP contribution in [-0.2, 0) is 4.79 Å². The zero-order valence-electron chi connectivity index (χ0n) is 10.7. The number of piperazine rings is 1. The Morgan fingerprint density at radius 2 is 2.33 bits per heavy atom. The van der Waals surface area contributed by atoms with Crippen molar-refractivity contribution in [3.63, 3.8) is 0 Å². The number of nitrogens with zero attached hydrogens (tertiary/aromatic N) is 1. The Hall–Kier alpha value is -1.10. The summed E-state index contributed by atoms with van der Waals surface area (Å²) in [6, 6.07) is 5.38. The smallest absolute Gasteiger partial charge is 0.242 e. The van der Waals surface area contributed by atoms with Crippen molar-refractivity contribution in [3.05, 3.63) is 28.8 Å². The van der Waals surface area contributed by atoms with Crippen LogP contribution in [0, 0.1) is 6.92 Å². The molecule has 1 aliphatic heterocycles. The zero-order valence-corrected chi connectivity index (χ0v) is 11.4. The second-order valence-corrected chi connectivity index (χ2v) is 5.13. The molecule has 0 aliphatic carbocycles. The number of aryl methyl sites for hydroxylation is 1. The molecule has 2 rings (SSSR count). The number of benzene rings is 1. The Labute approximate surface area is 112 Å². The number of hydrogen-bond acceptors (Lipinski definition) is 3. The Balaban J connectivity index is 2.00. The minimum absolute atomic E-state index is 0.0125. The molecule has 18 heavy (non-hydrogen) atoms. The normalized spacial score (nSPS) is 20.7. The average Bonchev–Trinajstić information content (AvgIpc) is 2.34.